The number of methoxy groups -OCH3 is 1. The van der Waals surface area contributed by atoms with E-state index in [1.165, 1.54) is 7.11 Å². The molecule has 1 saturated heterocycles. The zero-order valence-corrected chi connectivity index (χ0v) is 16.0. The normalized spacial score (nSPS) is 46.1. The van der Waals surface area contributed by atoms with Gasteiger partial charge < -0.3 is 44.5 Å². The fourth-order valence-electron chi connectivity index (χ4n) is 4.42. The predicted octanol–water partition coefficient (Wildman–Crippen LogP) is -1.76. The maximum absolute atomic E-state index is 12.2. The average molecular weight is 404 g/mol. The van der Waals surface area contributed by atoms with E-state index in [9.17, 15) is 30.3 Å². The van der Waals surface area contributed by atoms with Crippen molar-refractivity contribution in [3.8, 4) is 0 Å². The van der Waals surface area contributed by atoms with Crippen molar-refractivity contribution in [2.75, 3.05) is 13.7 Å². The number of carbonyl (C=O) groups is 1. The highest BCUT2D eigenvalue weighted by atomic mass is 16.8. The molecule has 10 nitrogen and oxygen atoms in total. The molecule has 1 saturated carbocycles. The smallest absolute Gasteiger partial charge is 0.337 e. The van der Waals surface area contributed by atoms with Gasteiger partial charge in [-0.15, -0.1) is 0 Å². The summed E-state index contributed by atoms with van der Waals surface area (Å²) in [5, 5.41) is 49.7. The summed E-state index contributed by atoms with van der Waals surface area (Å²) in [6.07, 6.45) is -8.49. The standard InChI is InChI=1S/C18H28O10/c1-6-9(20)4-8-11(6)17(26-7(2)12(8)16(24)25-3)28-18-15(23)14(22)13(21)10(5-19)27-18/h6,8-11,13-15,17-23H,4-5H2,1-3H3/t6-,8-,9-,10+,11+,13+,14-,15+,17-,18-/m0/s1. The molecule has 3 rings (SSSR count). The van der Waals surface area contributed by atoms with E-state index in [-0.39, 0.29) is 17.6 Å². The van der Waals surface area contributed by atoms with Gasteiger partial charge in [0.2, 0.25) is 6.29 Å². The van der Waals surface area contributed by atoms with Crippen LogP contribution in [0, 0.1) is 17.8 Å². The van der Waals surface area contributed by atoms with Gasteiger partial charge in [-0.1, -0.05) is 6.92 Å². The third-order valence-corrected chi connectivity index (χ3v) is 6.05. The van der Waals surface area contributed by atoms with E-state index >= 15 is 0 Å². The zero-order valence-electron chi connectivity index (χ0n) is 16.0. The van der Waals surface area contributed by atoms with Crippen molar-refractivity contribution >= 4 is 5.97 Å². The van der Waals surface area contributed by atoms with Crippen LogP contribution in [-0.4, -0.2) is 88.3 Å². The van der Waals surface area contributed by atoms with Gasteiger partial charge in [-0.2, -0.15) is 0 Å². The molecule has 5 N–H and O–H groups in total. The van der Waals surface area contributed by atoms with Crippen molar-refractivity contribution in [2.24, 2.45) is 17.8 Å². The molecule has 0 radical (unpaired) electrons. The van der Waals surface area contributed by atoms with Crippen LogP contribution in [0.4, 0.5) is 0 Å². The number of aliphatic hydroxyl groups is 5. The van der Waals surface area contributed by atoms with Gasteiger partial charge in [0, 0.05) is 11.8 Å². The Morgan fingerprint density at radius 1 is 1.14 bits per heavy atom. The largest absolute Gasteiger partial charge is 0.469 e. The summed E-state index contributed by atoms with van der Waals surface area (Å²) in [7, 11) is 1.27. The Balaban J connectivity index is 1.86. The minimum absolute atomic E-state index is 0.281. The van der Waals surface area contributed by atoms with Crippen molar-refractivity contribution in [1.29, 1.82) is 0 Å². The number of allylic oxidation sites excluding steroid dienone is 1. The zero-order chi connectivity index (χ0) is 20.7. The first-order chi connectivity index (χ1) is 13.2. The van der Waals surface area contributed by atoms with Crippen molar-refractivity contribution in [3.63, 3.8) is 0 Å². The number of esters is 1. The number of carbonyl (C=O) groups excluding carboxylic acids is 1. The van der Waals surface area contributed by atoms with Crippen molar-refractivity contribution in [3.05, 3.63) is 11.3 Å². The van der Waals surface area contributed by atoms with Gasteiger partial charge in [-0.25, -0.2) is 4.79 Å². The topological polar surface area (TPSA) is 155 Å². The maximum Gasteiger partial charge on any atom is 0.337 e. The molecule has 0 unspecified atom stereocenters. The monoisotopic (exact) mass is 404 g/mol. The molecule has 2 heterocycles. The molecule has 3 aliphatic rings. The quantitative estimate of drug-likeness (QED) is 0.340. The third-order valence-electron chi connectivity index (χ3n) is 6.05. The molecule has 2 fully saturated rings. The van der Waals surface area contributed by atoms with Crippen LogP contribution < -0.4 is 0 Å². The Bertz CT molecular complexity index is 619. The molecule has 2 aliphatic heterocycles. The third kappa shape index (κ3) is 3.54. The first kappa shape index (κ1) is 21.4. The second-order valence-electron chi connectivity index (χ2n) is 7.63. The second kappa shape index (κ2) is 8.23. The van der Waals surface area contributed by atoms with Crippen LogP contribution in [0.3, 0.4) is 0 Å². The lowest BCUT2D eigenvalue weighted by Crippen LogP contribution is -2.60. The lowest BCUT2D eigenvalue weighted by Gasteiger charge is -2.43. The highest BCUT2D eigenvalue weighted by Gasteiger charge is 2.54. The summed E-state index contributed by atoms with van der Waals surface area (Å²) in [6, 6.07) is 0. The predicted molar refractivity (Wildman–Crippen MR) is 91.2 cm³/mol. The fourth-order valence-corrected chi connectivity index (χ4v) is 4.42. The Hall–Kier alpha value is -1.27. The molecule has 0 spiro atoms. The molecule has 0 amide bonds. The molecule has 28 heavy (non-hydrogen) atoms. The number of aliphatic hydroxyl groups excluding tert-OH is 5. The minimum Gasteiger partial charge on any atom is -0.469 e. The van der Waals surface area contributed by atoms with Gasteiger partial charge in [-0.3, -0.25) is 0 Å². The number of hydrogen-bond donors (Lipinski definition) is 5. The van der Waals surface area contributed by atoms with Crippen LogP contribution in [0.1, 0.15) is 20.3 Å². The maximum atomic E-state index is 12.2. The second-order valence-corrected chi connectivity index (χ2v) is 7.63. The van der Waals surface area contributed by atoms with Crippen molar-refractivity contribution < 1.29 is 49.3 Å². The highest BCUT2D eigenvalue weighted by molar-refractivity contribution is 5.89. The Kier molecular flexibility index (Phi) is 6.30. The Morgan fingerprint density at radius 3 is 2.43 bits per heavy atom. The Labute approximate surface area is 162 Å². The molecular weight excluding hydrogens is 376 g/mol. The molecule has 160 valence electrons. The van der Waals surface area contributed by atoms with E-state index in [1.807, 2.05) is 0 Å². The van der Waals surface area contributed by atoms with E-state index in [4.69, 9.17) is 18.9 Å². The van der Waals surface area contributed by atoms with Crippen molar-refractivity contribution in [1.82, 2.24) is 0 Å². The molecule has 0 aromatic heterocycles. The number of ether oxygens (including phenoxy) is 4. The van der Waals surface area contributed by atoms with Crippen LogP contribution >= 0.6 is 0 Å². The van der Waals surface area contributed by atoms with Gasteiger partial charge in [-0.05, 0) is 19.3 Å². The van der Waals surface area contributed by atoms with Gasteiger partial charge in [0.05, 0.1) is 25.4 Å². The van der Waals surface area contributed by atoms with Gasteiger partial charge in [0.1, 0.15) is 30.2 Å². The van der Waals surface area contributed by atoms with Gasteiger partial charge >= 0.3 is 5.97 Å². The lowest BCUT2D eigenvalue weighted by molar-refractivity contribution is -0.344. The van der Waals surface area contributed by atoms with Crippen LogP contribution in [-0.2, 0) is 23.7 Å². The molecule has 0 bridgehead atoms. The van der Waals surface area contributed by atoms with Crippen LogP contribution in [0.5, 0.6) is 0 Å². The van der Waals surface area contributed by atoms with E-state index in [2.05, 4.69) is 0 Å². The molecule has 10 heteroatoms. The van der Waals surface area contributed by atoms with E-state index in [0.717, 1.165) is 0 Å². The summed E-state index contributed by atoms with van der Waals surface area (Å²) < 4.78 is 21.8. The number of hydrogen-bond acceptors (Lipinski definition) is 10. The average Bonchev–Trinajstić information content (AvgIpc) is 2.96. The van der Waals surface area contributed by atoms with E-state index in [1.54, 1.807) is 13.8 Å². The Morgan fingerprint density at radius 2 is 1.82 bits per heavy atom. The first-order valence-corrected chi connectivity index (χ1v) is 9.31. The van der Waals surface area contributed by atoms with Gasteiger partial charge in [0.15, 0.2) is 6.29 Å². The van der Waals surface area contributed by atoms with Crippen LogP contribution in [0.25, 0.3) is 0 Å². The van der Waals surface area contributed by atoms with E-state index in [0.29, 0.717) is 12.0 Å². The first-order valence-electron chi connectivity index (χ1n) is 9.31. The van der Waals surface area contributed by atoms with Gasteiger partial charge in [0.25, 0.3) is 0 Å². The summed E-state index contributed by atoms with van der Waals surface area (Å²) in [4.78, 5) is 12.2. The van der Waals surface area contributed by atoms with E-state index < -0.39 is 61.6 Å². The summed E-state index contributed by atoms with van der Waals surface area (Å²) in [5.41, 5.74) is 0.338. The molecule has 0 aromatic carbocycles. The minimum atomic E-state index is -1.58. The van der Waals surface area contributed by atoms with Crippen LogP contribution in [0.15, 0.2) is 11.3 Å². The SMILES string of the molecule is COC(=O)C1=C(C)O[C@@H](O[C@@H]2O[C@H](CO)[C@@H](O)[C@H](O)[C@H]2O)[C@@H]2[C@@H](C)[C@@H](O)C[C@H]12. The highest BCUT2D eigenvalue weighted by Crippen LogP contribution is 2.49. The van der Waals surface area contributed by atoms with Crippen LogP contribution in [0.2, 0.25) is 0 Å². The summed E-state index contributed by atoms with van der Waals surface area (Å²) >= 11 is 0. The molecule has 0 aromatic rings. The summed E-state index contributed by atoms with van der Waals surface area (Å²) in [5.74, 6) is -1.35. The number of rotatable bonds is 4. The fraction of sp³-hybridized carbons (Fsp3) is 0.833. The molecular formula is C18H28O10. The molecule has 10 atom stereocenters. The number of fused-ring (bicyclic) bond motifs is 1. The lowest BCUT2D eigenvalue weighted by atomic mass is 9.82. The van der Waals surface area contributed by atoms with Crippen molar-refractivity contribution in [2.45, 2.75) is 63.4 Å². The molecule has 1 aliphatic carbocycles. The summed E-state index contributed by atoms with van der Waals surface area (Å²) in [6.45, 7) is 2.81.